The highest BCUT2D eigenvalue weighted by atomic mass is 79.9. The Hall–Kier alpha value is -1.21. The van der Waals surface area contributed by atoms with E-state index in [4.69, 9.17) is 4.42 Å². The molecule has 0 spiro atoms. The lowest BCUT2D eigenvalue weighted by Gasteiger charge is -1.97. The number of aromatic nitrogens is 2. The average Bonchev–Trinajstić information content (AvgIpc) is 2.90. The molecule has 1 aliphatic carbocycles. The molecule has 1 fully saturated rings. The van der Waals surface area contributed by atoms with Gasteiger partial charge in [-0.25, -0.2) is 0 Å². The van der Waals surface area contributed by atoms with E-state index in [1.165, 1.54) is 11.3 Å². The normalized spacial score (nSPS) is 14.9. The molecule has 0 saturated heterocycles. The first-order valence-electron chi connectivity index (χ1n) is 5.12. The van der Waals surface area contributed by atoms with Crippen molar-refractivity contribution in [3.05, 3.63) is 26.7 Å². The molecule has 2 aromatic heterocycles. The summed E-state index contributed by atoms with van der Waals surface area (Å²) < 4.78 is 6.12. The van der Waals surface area contributed by atoms with E-state index in [2.05, 4.69) is 31.4 Å². The van der Waals surface area contributed by atoms with E-state index in [1.54, 1.807) is 0 Å². The molecule has 2 heterocycles. The second-order valence-corrected chi connectivity index (χ2v) is 5.54. The Kier molecular flexibility index (Phi) is 2.71. The van der Waals surface area contributed by atoms with Crippen LogP contribution in [0.2, 0.25) is 0 Å². The van der Waals surface area contributed by atoms with E-state index in [9.17, 15) is 4.79 Å². The Labute approximate surface area is 109 Å². The number of nitrogens with zero attached hydrogens (tertiary/aromatic N) is 2. The maximum Gasteiger partial charge on any atom is 0.322 e. The lowest BCUT2D eigenvalue weighted by atomic mass is 10.4. The molecule has 0 unspecified atom stereocenters. The fourth-order valence-electron chi connectivity index (χ4n) is 1.39. The Balaban J connectivity index is 1.73. The molecule has 3 rings (SSSR count). The molecule has 88 valence electrons. The summed E-state index contributed by atoms with van der Waals surface area (Å²) in [4.78, 5) is 12.4. The van der Waals surface area contributed by atoms with Crippen molar-refractivity contribution >= 4 is 39.2 Å². The number of carbonyl (C=O) groups is 1. The Bertz CT molecular complexity index is 561. The van der Waals surface area contributed by atoms with Crippen LogP contribution >= 0.6 is 27.3 Å². The third-order valence-corrected chi connectivity index (χ3v) is 4.25. The van der Waals surface area contributed by atoms with Gasteiger partial charge in [-0.2, -0.15) is 0 Å². The van der Waals surface area contributed by atoms with E-state index in [0.29, 0.717) is 16.7 Å². The first-order valence-corrected chi connectivity index (χ1v) is 6.79. The van der Waals surface area contributed by atoms with Gasteiger partial charge < -0.3 is 4.42 Å². The molecule has 7 heteroatoms. The van der Waals surface area contributed by atoms with Crippen LogP contribution in [0.3, 0.4) is 0 Å². The van der Waals surface area contributed by atoms with Crippen LogP contribution in [0, 0.1) is 0 Å². The van der Waals surface area contributed by atoms with E-state index < -0.39 is 0 Å². The standard InChI is InChI=1S/C10H8BrN3O2S/c11-6-3-4-17-7(6)8(15)12-10-14-13-9(16-10)5-1-2-5/h3-5H,1-2H2,(H,12,14,15). The average molecular weight is 314 g/mol. The van der Waals surface area contributed by atoms with E-state index in [0.717, 1.165) is 17.3 Å². The molecular formula is C10H8BrN3O2S. The third-order valence-electron chi connectivity index (χ3n) is 2.41. The van der Waals surface area contributed by atoms with Crippen LogP contribution in [0.5, 0.6) is 0 Å². The van der Waals surface area contributed by atoms with Crippen LogP contribution in [-0.4, -0.2) is 16.1 Å². The topological polar surface area (TPSA) is 68.0 Å². The van der Waals surface area contributed by atoms with Crippen LogP contribution in [-0.2, 0) is 0 Å². The first-order chi connectivity index (χ1) is 8.24. The summed E-state index contributed by atoms with van der Waals surface area (Å²) in [6, 6.07) is 1.99. The Morgan fingerprint density at radius 3 is 3.00 bits per heavy atom. The molecule has 0 atom stereocenters. The number of hydrogen-bond donors (Lipinski definition) is 1. The molecule has 1 amide bonds. The molecule has 0 bridgehead atoms. The smallest absolute Gasteiger partial charge is 0.322 e. The van der Waals surface area contributed by atoms with Gasteiger partial charge >= 0.3 is 6.01 Å². The van der Waals surface area contributed by atoms with Crippen LogP contribution in [0.25, 0.3) is 0 Å². The van der Waals surface area contributed by atoms with Gasteiger partial charge in [0.15, 0.2) is 0 Å². The van der Waals surface area contributed by atoms with Gasteiger partial charge in [0.05, 0.1) is 0 Å². The number of hydrogen-bond acceptors (Lipinski definition) is 5. The highest BCUT2D eigenvalue weighted by Crippen LogP contribution is 2.39. The fraction of sp³-hybridized carbons (Fsp3) is 0.300. The minimum Gasteiger partial charge on any atom is -0.408 e. The predicted molar refractivity (Wildman–Crippen MR) is 66.2 cm³/mol. The maximum atomic E-state index is 11.8. The molecule has 5 nitrogen and oxygen atoms in total. The number of rotatable bonds is 3. The van der Waals surface area contributed by atoms with Crippen molar-refractivity contribution in [2.45, 2.75) is 18.8 Å². The molecule has 1 N–H and O–H groups in total. The summed E-state index contributed by atoms with van der Waals surface area (Å²) in [7, 11) is 0. The van der Waals surface area contributed by atoms with Gasteiger partial charge in [0, 0.05) is 10.4 Å². The quantitative estimate of drug-likeness (QED) is 0.945. The van der Waals surface area contributed by atoms with E-state index in [1.807, 2.05) is 11.4 Å². The third kappa shape index (κ3) is 2.25. The molecule has 0 aliphatic heterocycles. The lowest BCUT2D eigenvalue weighted by molar-refractivity contribution is 0.102. The first kappa shape index (κ1) is 10.9. The van der Waals surface area contributed by atoms with Gasteiger partial charge in [-0.15, -0.1) is 16.4 Å². The molecule has 2 aromatic rings. The summed E-state index contributed by atoms with van der Waals surface area (Å²) >= 11 is 4.66. The summed E-state index contributed by atoms with van der Waals surface area (Å²) in [6.45, 7) is 0. The molecule has 0 radical (unpaired) electrons. The maximum absolute atomic E-state index is 11.8. The van der Waals surface area contributed by atoms with Gasteiger partial charge in [-0.05, 0) is 40.2 Å². The number of carbonyl (C=O) groups excluding carboxylic acids is 1. The van der Waals surface area contributed by atoms with Gasteiger partial charge in [0.2, 0.25) is 5.89 Å². The van der Waals surface area contributed by atoms with Gasteiger partial charge in [-0.3, -0.25) is 10.1 Å². The molecule has 17 heavy (non-hydrogen) atoms. The number of nitrogens with one attached hydrogen (secondary N) is 1. The number of thiophene rings is 1. The minimum absolute atomic E-state index is 0.164. The van der Waals surface area contributed by atoms with Gasteiger partial charge in [-0.1, -0.05) is 5.10 Å². The van der Waals surface area contributed by atoms with Crippen LogP contribution in [0.4, 0.5) is 6.01 Å². The monoisotopic (exact) mass is 313 g/mol. The fourth-order valence-corrected chi connectivity index (χ4v) is 2.84. The van der Waals surface area contributed by atoms with E-state index >= 15 is 0 Å². The summed E-state index contributed by atoms with van der Waals surface area (Å²) in [5, 5.41) is 12.1. The zero-order valence-corrected chi connectivity index (χ0v) is 11.0. The van der Waals surface area contributed by atoms with Gasteiger partial charge in [0.25, 0.3) is 5.91 Å². The van der Waals surface area contributed by atoms with E-state index in [-0.39, 0.29) is 11.9 Å². The molecular weight excluding hydrogens is 306 g/mol. The predicted octanol–water partition coefficient (Wildman–Crippen LogP) is 3.02. The summed E-state index contributed by atoms with van der Waals surface area (Å²) in [5.74, 6) is 0.769. The number of halogens is 1. The SMILES string of the molecule is O=C(Nc1nnc(C2CC2)o1)c1sccc1Br. The highest BCUT2D eigenvalue weighted by Gasteiger charge is 2.29. The summed E-state index contributed by atoms with van der Waals surface area (Å²) in [6.07, 6.45) is 2.18. The molecule has 0 aromatic carbocycles. The van der Waals surface area contributed by atoms with Crippen molar-refractivity contribution in [1.82, 2.24) is 10.2 Å². The number of anilines is 1. The number of amides is 1. The van der Waals surface area contributed by atoms with Crippen molar-refractivity contribution in [3.63, 3.8) is 0 Å². The second kappa shape index (κ2) is 4.23. The Morgan fingerprint density at radius 1 is 1.53 bits per heavy atom. The van der Waals surface area contributed by atoms with Crippen molar-refractivity contribution < 1.29 is 9.21 Å². The second-order valence-electron chi connectivity index (χ2n) is 3.77. The minimum atomic E-state index is -0.238. The zero-order valence-electron chi connectivity index (χ0n) is 8.64. The zero-order chi connectivity index (χ0) is 11.8. The highest BCUT2D eigenvalue weighted by molar-refractivity contribution is 9.10. The Morgan fingerprint density at radius 2 is 2.35 bits per heavy atom. The lowest BCUT2D eigenvalue weighted by Crippen LogP contribution is -2.10. The van der Waals surface area contributed by atoms with Crippen molar-refractivity contribution in [1.29, 1.82) is 0 Å². The van der Waals surface area contributed by atoms with Gasteiger partial charge in [0.1, 0.15) is 4.88 Å². The van der Waals surface area contributed by atoms with Crippen molar-refractivity contribution in [2.75, 3.05) is 5.32 Å². The van der Waals surface area contributed by atoms with Crippen LogP contribution in [0.15, 0.2) is 20.3 Å². The van der Waals surface area contributed by atoms with Crippen LogP contribution < -0.4 is 5.32 Å². The largest absolute Gasteiger partial charge is 0.408 e. The molecule has 1 aliphatic rings. The molecule has 1 saturated carbocycles. The van der Waals surface area contributed by atoms with Crippen molar-refractivity contribution in [2.24, 2.45) is 0 Å². The van der Waals surface area contributed by atoms with Crippen LogP contribution in [0.1, 0.15) is 34.3 Å². The van der Waals surface area contributed by atoms with Crippen molar-refractivity contribution in [3.8, 4) is 0 Å². The summed E-state index contributed by atoms with van der Waals surface area (Å²) in [5.41, 5.74) is 0.